The first-order valence-electron chi connectivity index (χ1n) is 25.3. The van der Waals surface area contributed by atoms with E-state index in [2.05, 4.69) is 301 Å². The monoisotopic (exact) mass is 943 g/mol. The van der Waals surface area contributed by atoms with Gasteiger partial charge in [-0.05, 0) is 144 Å². The van der Waals surface area contributed by atoms with Gasteiger partial charge in [0.1, 0.15) is 0 Å². The molecule has 0 spiro atoms. The topological polar surface area (TPSA) is 21.1 Å². The zero-order chi connectivity index (χ0) is 49.2. The van der Waals surface area contributed by atoms with Gasteiger partial charge in [-0.1, -0.05) is 231 Å². The van der Waals surface area contributed by atoms with Crippen LogP contribution in [0.3, 0.4) is 0 Å². The average molecular weight is 944 g/mol. The highest BCUT2D eigenvalue weighted by molar-refractivity contribution is 5.93. The third-order valence-electron chi connectivity index (χ3n) is 14.3. The van der Waals surface area contributed by atoms with Crippen molar-refractivity contribution in [2.75, 3.05) is 4.90 Å². The molecule has 0 aliphatic heterocycles. The van der Waals surface area contributed by atoms with Gasteiger partial charge in [0.2, 0.25) is 0 Å². The standard InChI is InChI=1S/C71H49N3/c1-3-17-56(18-4-1)70-49-71(57-19-5-2-6-20-57)74(72-70)65-45-37-55(38-46-65)67-24-12-14-26-69(67)68-25-13-11-23-66(68)54-35-43-64(44-36-54)73(62-39-31-52(32-40-62)60-29-27-50-15-7-9-21-58(50)47-60)63-41-33-53(34-42-63)61-30-28-51-16-8-10-22-59(51)48-61/h1-49H. The fraction of sp³-hybridized carbons (Fsp3) is 0. The van der Waals surface area contributed by atoms with E-state index < -0.39 is 0 Å². The molecule has 0 radical (unpaired) electrons. The number of rotatable bonds is 11. The Bertz CT molecular complexity index is 3960. The van der Waals surface area contributed by atoms with Gasteiger partial charge in [0.25, 0.3) is 0 Å². The Kier molecular flexibility index (Phi) is 11.6. The van der Waals surface area contributed by atoms with Gasteiger partial charge in [-0.2, -0.15) is 5.10 Å². The van der Waals surface area contributed by atoms with Crippen LogP contribution in [0.2, 0.25) is 0 Å². The second-order valence-corrected chi connectivity index (χ2v) is 18.8. The Labute approximate surface area is 432 Å². The van der Waals surface area contributed by atoms with Crippen LogP contribution in [0.4, 0.5) is 17.1 Å². The van der Waals surface area contributed by atoms with Crippen LogP contribution in [0.15, 0.2) is 297 Å². The quantitative estimate of drug-likeness (QED) is 0.129. The van der Waals surface area contributed by atoms with Crippen molar-refractivity contribution < 1.29 is 0 Å². The Morgan fingerprint density at radius 1 is 0.243 bits per heavy atom. The van der Waals surface area contributed by atoms with Gasteiger partial charge in [-0.15, -0.1) is 0 Å². The van der Waals surface area contributed by atoms with E-state index in [4.69, 9.17) is 5.10 Å². The molecule has 13 aromatic rings. The summed E-state index contributed by atoms with van der Waals surface area (Å²) in [6.07, 6.45) is 0. The van der Waals surface area contributed by atoms with Gasteiger partial charge in [0.05, 0.1) is 17.1 Å². The van der Waals surface area contributed by atoms with Crippen LogP contribution >= 0.6 is 0 Å². The molecule has 3 heteroatoms. The normalized spacial score (nSPS) is 11.2. The van der Waals surface area contributed by atoms with Crippen LogP contribution in [0.5, 0.6) is 0 Å². The maximum atomic E-state index is 5.15. The van der Waals surface area contributed by atoms with E-state index in [1.54, 1.807) is 0 Å². The Balaban J connectivity index is 0.834. The summed E-state index contributed by atoms with van der Waals surface area (Å²) >= 11 is 0. The smallest absolute Gasteiger partial charge is 0.0934 e. The number of anilines is 3. The highest BCUT2D eigenvalue weighted by Crippen LogP contribution is 2.42. The third kappa shape index (κ3) is 8.63. The molecule has 1 aromatic heterocycles. The second kappa shape index (κ2) is 19.4. The molecular formula is C71H49N3. The molecule has 0 fully saturated rings. The van der Waals surface area contributed by atoms with E-state index in [0.717, 1.165) is 56.4 Å². The molecule has 0 bridgehead atoms. The molecule has 0 unspecified atom stereocenters. The van der Waals surface area contributed by atoms with Crippen molar-refractivity contribution in [3.8, 4) is 83.8 Å². The van der Waals surface area contributed by atoms with Crippen LogP contribution in [-0.2, 0) is 0 Å². The maximum absolute atomic E-state index is 5.15. The fourth-order valence-corrected chi connectivity index (χ4v) is 10.4. The Morgan fingerprint density at radius 2 is 0.608 bits per heavy atom. The number of nitrogens with zero attached hydrogens (tertiary/aromatic N) is 3. The van der Waals surface area contributed by atoms with Gasteiger partial charge in [0.15, 0.2) is 0 Å². The average Bonchev–Trinajstić information content (AvgIpc) is 3.94. The fourth-order valence-electron chi connectivity index (χ4n) is 10.4. The zero-order valence-electron chi connectivity index (χ0n) is 40.6. The van der Waals surface area contributed by atoms with Crippen molar-refractivity contribution in [3.63, 3.8) is 0 Å². The number of hydrogen-bond acceptors (Lipinski definition) is 2. The van der Waals surface area contributed by atoms with Crippen LogP contribution in [-0.4, -0.2) is 9.78 Å². The van der Waals surface area contributed by atoms with E-state index in [1.165, 1.54) is 66.1 Å². The summed E-state index contributed by atoms with van der Waals surface area (Å²) < 4.78 is 2.07. The number of aromatic nitrogens is 2. The third-order valence-corrected chi connectivity index (χ3v) is 14.3. The van der Waals surface area contributed by atoms with Crippen LogP contribution in [0.25, 0.3) is 105 Å². The summed E-state index contributed by atoms with van der Waals surface area (Å²) in [6, 6.07) is 107. The summed E-state index contributed by atoms with van der Waals surface area (Å²) in [7, 11) is 0. The molecule has 0 aliphatic rings. The lowest BCUT2D eigenvalue weighted by Crippen LogP contribution is -2.09. The van der Waals surface area contributed by atoms with E-state index in [1.807, 2.05) is 6.07 Å². The number of fused-ring (bicyclic) bond motifs is 2. The first-order valence-corrected chi connectivity index (χ1v) is 25.3. The molecule has 0 saturated heterocycles. The summed E-state index contributed by atoms with van der Waals surface area (Å²) in [5, 5.41) is 10.1. The second-order valence-electron chi connectivity index (χ2n) is 18.8. The van der Waals surface area contributed by atoms with Crippen molar-refractivity contribution in [2.24, 2.45) is 0 Å². The lowest BCUT2D eigenvalue weighted by molar-refractivity contribution is 0.892. The maximum Gasteiger partial charge on any atom is 0.0934 e. The van der Waals surface area contributed by atoms with Gasteiger partial charge in [-0.3, -0.25) is 0 Å². The van der Waals surface area contributed by atoms with E-state index in [-0.39, 0.29) is 0 Å². The zero-order valence-corrected chi connectivity index (χ0v) is 40.6. The SMILES string of the molecule is c1ccc(-c2cc(-c3ccccc3)n(-c3ccc(-c4ccccc4-c4ccccc4-c4ccc(N(c5ccc(-c6ccc7ccccc7c6)cc5)c5ccc(-c6ccc7ccccc7c6)cc5)cc4)cc3)n2)cc1. The van der Waals surface area contributed by atoms with Gasteiger partial charge in [0, 0.05) is 28.2 Å². The van der Waals surface area contributed by atoms with Crippen molar-refractivity contribution >= 4 is 38.6 Å². The molecule has 0 atom stereocenters. The first kappa shape index (κ1) is 44.1. The lowest BCUT2D eigenvalue weighted by Gasteiger charge is -2.26. The van der Waals surface area contributed by atoms with Gasteiger partial charge < -0.3 is 4.90 Å². The minimum atomic E-state index is 0.939. The Morgan fingerprint density at radius 3 is 1.08 bits per heavy atom. The summed E-state index contributed by atoms with van der Waals surface area (Å²) in [4.78, 5) is 2.36. The summed E-state index contributed by atoms with van der Waals surface area (Å²) in [6.45, 7) is 0. The minimum Gasteiger partial charge on any atom is -0.311 e. The Hall–Kier alpha value is -9.83. The van der Waals surface area contributed by atoms with Crippen LogP contribution < -0.4 is 4.90 Å². The molecule has 13 rings (SSSR count). The van der Waals surface area contributed by atoms with E-state index in [0.29, 0.717) is 0 Å². The van der Waals surface area contributed by atoms with Crippen molar-refractivity contribution in [1.82, 2.24) is 9.78 Å². The highest BCUT2D eigenvalue weighted by atomic mass is 15.3. The molecule has 3 nitrogen and oxygen atoms in total. The molecule has 74 heavy (non-hydrogen) atoms. The molecule has 0 amide bonds. The largest absolute Gasteiger partial charge is 0.311 e. The van der Waals surface area contributed by atoms with Crippen molar-refractivity contribution in [2.45, 2.75) is 0 Å². The van der Waals surface area contributed by atoms with Crippen LogP contribution in [0.1, 0.15) is 0 Å². The number of hydrogen-bond donors (Lipinski definition) is 0. The highest BCUT2D eigenvalue weighted by Gasteiger charge is 2.18. The molecule has 0 saturated carbocycles. The molecule has 348 valence electrons. The summed E-state index contributed by atoms with van der Waals surface area (Å²) in [5.41, 5.74) is 20.2. The lowest BCUT2D eigenvalue weighted by atomic mass is 9.89. The van der Waals surface area contributed by atoms with Gasteiger partial charge in [-0.25, -0.2) is 4.68 Å². The molecule has 1 heterocycles. The van der Waals surface area contributed by atoms with E-state index in [9.17, 15) is 0 Å². The molecule has 0 aliphatic carbocycles. The predicted octanol–water partition coefficient (Wildman–Crippen LogP) is 19.3. The summed E-state index contributed by atoms with van der Waals surface area (Å²) in [5.74, 6) is 0. The van der Waals surface area contributed by atoms with E-state index >= 15 is 0 Å². The molecular weight excluding hydrogens is 895 g/mol. The predicted molar refractivity (Wildman–Crippen MR) is 311 cm³/mol. The molecule has 12 aromatic carbocycles. The number of benzene rings is 12. The van der Waals surface area contributed by atoms with Crippen LogP contribution in [0, 0.1) is 0 Å². The first-order chi connectivity index (χ1) is 36.7. The molecule has 0 N–H and O–H groups in total. The van der Waals surface area contributed by atoms with Crippen molar-refractivity contribution in [1.29, 1.82) is 0 Å². The van der Waals surface area contributed by atoms with Gasteiger partial charge >= 0.3 is 0 Å². The minimum absolute atomic E-state index is 0.939. The van der Waals surface area contributed by atoms with Crippen molar-refractivity contribution in [3.05, 3.63) is 297 Å².